The van der Waals surface area contributed by atoms with Gasteiger partial charge >= 0.3 is 5.97 Å². The molecule has 0 atom stereocenters. The smallest absolute Gasteiger partial charge is 0.339 e. The summed E-state index contributed by atoms with van der Waals surface area (Å²) in [7, 11) is -4.70. The van der Waals surface area contributed by atoms with Gasteiger partial charge in [0, 0.05) is 12.1 Å². The number of hydrazine groups is 1. The first-order chi connectivity index (χ1) is 11.2. The van der Waals surface area contributed by atoms with E-state index in [9.17, 15) is 22.6 Å². The van der Waals surface area contributed by atoms with Gasteiger partial charge in [-0.25, -0.2) is 24.0 Å². The number of amides is 1. The molecule has 12 heteroatoms. The number of carboxylic acid groups (broad SMARTS) is 1. The zero-order chi connectivity index (χ0) is 18.3. The van der Waals surface area contributed by atoms with Crippen LogP contribution in [0.25, 0.3) is 0 Å². The van der Waals surface area contributed by atoms with Crippen LogP contribution >= 0.6 is 0 Å². The summed E-state index contributed by atoms with van der Waals surface area (Å²) in [4.78, 5) is 23.3. The van der Waals surface area contributed by atoms with Crippen LogP contribution in [0.4, 0.5) is 0 Å². The molecule has 1 amide bonds. The maximum absolute atomic E-state index is 10.8. The van der Waals surface area contributed by atoms with Crippen molar-refractivity contribution < 1.29 is 43.2 Å². The van der Waals surface area contributed by atoms with Crippen molar-refractivity contribution in [3.05, 3.63) is 53.9 Å². The largest absolute Gasteiger partial charge is 0.744 e. The second-order valence-electron chi connectivity index (χ2n) is 4.20. The van der Waals surface area contributed by atoms with E-state index in [1.165, 1.54) is 0 Å². The normalized spacial score (nSPS) is 9.84. The first kappa shape index (κ1) is 21.9. The monoisotopic (exact) mass is 373 g/mol. The van der Waals surface area contributed by atoms with E-state index in [2.05, 4.69) is 4.98 Å². The number of hydrogen-bond donors (Lipinski definition) is 4. The number of carboxylic acids is 1. The van der Waals surface area contributed by atoms with Crippen LogP contribution in [0.2, 0.25) is 0 Å². The second kappa shape index (κ2) is 9.29. The number of phenols is 1. The van der Waals surface area contributed by atoms with E-state index in [4.69, 9.17) is 16.1 Å². The molecule has 0 fully saturated rings. The number of H-pyrrole nitrogens is 1. The number of hydrogen-bond acceptors (Lipinski definition) is 7. The average Bonchev–Trinajstić information content (AvgIpc) is 2.54. The van der Waals surface area contributed by atoms with E-state index < -0.39 is 32.3 Å². The number of aromatic carboxylic acids is 1. The number of aromatic nitrogens is 1. The lowest BCUT2D eigenvalue weighted by atomic mass is 10.2. The summed E-state index contributed by atoms with van der Waals surface area (Å²) in [6, 6.07) is 5.57. The van der Waals surface area contributed by atoms with Gasteiger partial charge in [-0.2, -0.15) is 0 Å². The Bertz CT molecular complexity index is 840. The van der Waals surface area contributed by atoms with Gasteiger partial charge in [0.2, 0.25) is 0 Å². The first-order valence-corrected chi connectivity index (χ1v) is 7.57. The average molecular weight is 373 g/mol. The molecule has 0 aliphatic heterocycles. The Labute approximate surface area is 141 Å². The number of nitrogen functional groups attached to an aromatic ring is 1. The number of rotatable bonds is 3. The highest BCUT2D eigenvalue weighted by atomic mass is 32.2. The number of aromatic amines is 1. The molecule has 1 aromatic carbocycles. The lowest BCUT2D eigenvalue weighted by Crippen LogP contribution is -2.30. The molecule has 0 radical (unpaired) electrons. The van der Waals surface area contributed by atoms with Gasteiger partial charge in [-0.15, -0.1) is 0 Å². The van der Waals surface area contributed by atoms with Crippen molar-refractivity contribution in [2.75, 3.05) is 0 Å². The van der Waals surface area contributed by atoms with E-state index in [-0.39, 0.29) is 11.4 Å². The van der Waals surface area contributed by atoms with Crippen LogP contribution in [0, 0.1) is 0 Å². The van der Waals surface area contributed by atoms with Crippen molar-refractivity contribution in [2.45, 2.75) is 4.90 Å². The summed E-state index contributed by atoms with van der Waals surface area (Å²) in [5.74, 6) is 2.51. The van der Waals surface area contributed by atoms with Crippen LogP contribution in [0.3, 0.4) is 0 Å². The lowest BCUT2D eigenvalue weighted by Gasteiger charge is -2.08. The molecule has 1 heterocycles. The summed E-state index contributed by atoms with van der Waals surface area (Å²) in [5.41, 5.74) is 1.95. The molecule has 136 valence electrons. The van der Waals surface area contributed by atoms with Crippen molar-refractivity contribution >= 4 is 22.0 Å². The molecule has 1 aromatic heterocycles. The SMILES string of the molecule is NNC(=O)c1cc[nH+]cc1.O.O=C(O)c1cc(S(=O)(=O)[O-])ccc1O. The number of aromatic hydroxyl groups is 1. The summed E-state index contributed by atoms with van der Waals surface area (Å²) in [6.07, 6.45) is 3.31. The Balaban J connectivity index is 0.000000465. The lowest BCUT2D eigenvalue weighted by molar-refractivity contribution is -0.378. The van der Waals surface area contributed by atoms with Crippen LogP contribution in [-0.4, -0.2) is 40.5 Å². The molecule has 0 spiro atoms. The molecule has 8 N–H and O–H groups in total. The second-order valence-corrected chi connectivity index (χ2v) is 5.58. The predicted octanol–water partition coefficient (Wildman–Crippen LogP) is -1.73. The fourth-order valence-electron chi connectivity index (χ4n) is 1.46. The summed E-state index contributed by atoms with van der Waals surface area (Å²) < 4.78 is 31.5. The molecule has 0 unspecified atom stereocenters. The van der Waals surface area contributed by atoms with Crippen molar-refractivity contribution in [2.24, 2.45) is 5.84 Å². The number of carbonyl (C=O) groups is 2. The molecule has 0 saturated carbocycles. The van der Waals surface area contributed by atoms with Crippen LogP contribution in [0.1, 0.15) is 20.7 Å². The van der Waals surface area contributed by atoms with Gasteiger partial charge in [0.25, 0.3) is 5.91 Å². The van der Waals surface area contributed by atoms with Crippen LogP contribution in [0.5, 0.6) is 5.75 Å². The third-order valence-corrected chi connectivity index (χ3v) is 3.43. The number of nitrogens with two attached hydrogens (primary N) is 1. The Morgan fingerprint density at radius 3 is 2.16 bits per heavy atom. The third kappa shape index (κ3) is 6.52. The molecule has 0 bridgehead atoms. The van der Waals surface area contributed by atoms with Crippen molar-refractivity contribution in [3.63, 3.8) is 0 Å². The maximum Gasteiger partial charge on any atom is 0.339 e. The molecular formula is C13H15N3O8S. The zero-order valence-corrected chi connectivity index (χ0v) is 13.3. The van der Waals surface area contributed by atoms with Crippen molar-refractivity contribution in [1.82, 2.24) is 5.43 Å². The van der Waals surface area contributed by atoms with E-state index in [1.807, 2.05) is 5.43 Å². The van der Waals surface area contributed by atoms with Gasteiger partial charge in [0.05, 0.1) is 10.5 Å². The minimum Gasteiger partial charge on any atom is -0.744 e. The maximum atomic E-state index is 10.8. The number of nitrogens with one attached hydrogen (secondary N) is 2. The molecule has 0 aliphatic rings. The fraction of sp³-hybridized carbons (Fsp3) is 0. The van der Waals surface area contributed by atoms with Gasteiger partial charge in [0.15, 0.2) is 12.4 Å². The van der Waals surface area contributed by atoms with Gasteiger partial charge in [0.1, 0.15) is 21.4 Å². The highest BCUT2D eigenvalue weighted by Crippen LogP contribution is 2.20. The molecule has 2 aromatic rings. The zero-order valence-electron chi connectivity index (χ0n) is 12.5. The standard InChI is InChI=1S/C7H6O6S.C6H7N3O.H2O/c8-6-2-1-4(14(11,12)13)3-5(6)7(9)10;7-9-6(10)5-1-3-8-4-2-5;/h1-3,8H,(H,9,10)(H,11,12,13);1-4H,7H2,(H,9,10);1H2. The van der Waals surface area contributed by atoms with E-state index in [0.717, 1.165) is 12.1 Å². The topological polar surface area (TPSA) is 215 Å². The summed E-state index contributed by atoms with van der Waals surface area (Å²) in [6.45, 7) is 0. The minimum atomic E-state index is -4.70. The quantitative estimate of drug-likeness (QED) is 0.209. The van der Waals surface area contributed by atoms with E-state index in [0.29, 0.717) is 11.6 Å². The summed E-state index contributed by atoms with van der Waals surface area (Å²) >= 11 is 0. The Morgan fingerprint density at radius 2 is 1.72 bits per heavy atom. The van der Waals surface area contributed by atoms with Crippen molar-refractivity contribution in [1.29, 1.82) is 0 Å². The Kier molecular flexibility index (Phi) is 8.15. The molecule has 25 heavy (non-hydrogen) atoms. The molecule has 0 aliphatic carbocycles. The Morgan fingerprint density at radius 1 is 1.16 bits per heavy atom. The summed E-state index contributed by atoms with van der Waals surface area (Å²) in [5, 5.41) is 17.5. The van der Waals surface area contributed by atoms with E-state index >= 15 is 0 Å². The van der Waals surface area contributed by atoms with Gasteiger partial charge in [-0.1, -0.05) is 0 Å². The predicted molar refractivity (Wildman–Crippen MR) is 81.3 cm³/mol. The molecular weight excluding hydrogens is 358 g/mol. The number of pyridine rings is 1. The minimum absolute atomic E-state index is 0. The molecule has 11 nitrogen and oxygen atoms in total. The number of benzene rings is 1. The van der Waals surface area contributed by atoms with Crippen LogP contribution < -0.4 is 16.3 Å². The van der Waals surface area contributed by atoms with Crippen LogP contribution in [0.15, 0.2) is 47.6 Å². The highest BCUT2D eigenvalue weighted by Gasteiger charge is 2.12. The van der Waals surface area contributed by atoms with Crippen molar-refractivity contribution in [3.8, 4) is 5.75 Å². The highest BCUT2D eigenvalue weighted by molar-refractivity contribution is 7.85. The Hall–Kier alpha value is -3.06. The van der Waals surface area contributed by atoms with Gasteiger partial charge in [-0.3, -0.25) is 10.2 Å². The third-order valence-electron chi connectivity index (χ3n) is 2.60. The first-order valence-electron chi connectivity index (χ1n) is 6.16. The molecule has 2 rings (SSSR count). The van der Waals surface area contributed by atoms with Crippen LogP contribution in [-0.2, 0) is 10.1 Å². The van der Waals surface area contributed by atoms with E-state index in [1.54, 1.807) is 24.5 Å². The van der Waals surface area contributed by atoms with Gasteiger partial charge in [-0.05, 0) is 18.2 Å². The fourth-order valence-corrected chi connectivity index (χ4v) is 1.96. The molecule has 0 saturated heterocycles. The number of carbonyl (C=O) groups excluding carboxylic acids is 1. The van der Waals surface area contributed by atoms with Gasteiger partial charge < -0.3 is 20.2 Å².